The van der Waals surface area contributed by atoms with Gasteiger partial charge in [0.15, 0.2) is 6.04 Å². The Morgan fingerprint density at radius 3 is 2.39 bits per heavy atom. The maximum Gasteiger partial charge on any atom is 0.408 e. The molecule has 2 aromatic rings. The number of nitrogens with zero attached hydrogens (tertiary/aromatic N) is 1. The first kappa shape index (κ1) is 20.4. The van der Waals surface area contributed by atoms with Crippen molar-refractivity contribution in [3.8, 4) is 5.75 Å². The van der Waals surface area contributed by atoms with Gasteiger partial charge in [0.2, 0.25) is 0 Å². The number of alkyl carbamates (subject to hydrolysis) is 1. The number of esters is 1. The summed E-state index contributed by atoms with van der Waals surface area (Å²) in [4.78, 5) is 44.6. The highest BCUT2D eigenvalue weighted by molar-refractivity contribution is 5.83. The maximum atomic E-state index is 12.2. The van der Waals surface area contributed by atoms with Crippen molar-refractivity contribution in [3.05, 3.63) is 70.3 Å². The van der Waals surface area contributed by atoms with Gasteiger partial charge in [-0.25, -0.2) is 9.59 Å². The fourth-order valence-corrected chi connectivity index (χ4v) is 2.03. The Kier molecular flexibility index (Phi) is 7.46. The largest absolute Gasteiger partial charge is 0.465 e. The average Bonchev–Trinajstić information content (AvgIpc) is 2.70. The molecule has 0 aliphatic rings. The maximum absolute atomic E-state index is 12.2. The molecule has 0 bridgehead atoms. The lowest BCUT2D eigenvalue weighted by molar-refractivity contribution is -0.384. The zero-order valence-electron chi connectivity index (χ0n) is 14.5. The van der Waals surface area contributed by atoms with Gasteiger partial charge in [0.05, 0.1) is 4.92 Å². The SMILES string of the molecule is O=COCC(NC(=O)OCc1ccccc1)C(=O)Oc1ccc([N+](=O)[O-])cc1. The molecule has 0 aromatic heterocycles. The van der Waals surface area contributed by atoms with Crippen LogP contribution in [0.5, 0.6) is 5.75 Å². The Balaban J connectivity index is 1.94. The molecule has 0 aliphatic carbocycles. The second kappa shape index (κ2) is 10.3. The first-order valence-electron chi connectivity index (χ1n) is 7.98. The van der Waals surface area contributed by atoms with E-state index < -0.39 is 29.6 Å². The van der Waals surface area contributed by atoms with Crippen LogP contribution in [0.1, 0.15) is 5.56 Å². The molecule has 10 heteroatoms. The molecule has 10 nitrogen and oxygen atoms in total. The van der Waals surface area contributed by atoms with E-state index in [-0.39, 0.29) is 24.5 Å². The van der Waals surface area contributed by atoms with Crippen molar-refractivity contribution in [3.63, 3.8) is 0 Å². The zero-order chi connectivity index (χ0) is 20.4. The summed E-state index contributed by atoms with van der Waals surface area (Å²) in [5.74, 6) is -0.918. The fourth-order valence-electron chi connectivity index (χ4n) is 2.03. The van der Waals surface area contributed by atoms with Crippen LogP contribution in [0.3, 0.4) is 0 Å². The van der Waals surface area contributed by atoms with Crippen LogP contribution in [0.2, 0.25) is 0 Å². The molecule has 0 saturated heterocycles. The Labute approximate surface area is 159 Å². The summed E-state index contributed by atoms with van der Waals surface area (Å²) >= 11 is 0. The summed E-state index contributed by atoms with van der Waals surface area (Å²) in [6.07, 6.45) is -0.913. The van der Waals surface area contributed by atoms with Crippen LogP contribution in [-0.2, 0) is 25.7 Å². The second-order valence-electron chi connectivity index (χ2n) is 5.36. The van der Waals surface area contributed by atoms with Crippen molar-refractivity contribution in [2.75, 3.05) is 6.61 Å². The van der Waals surface area contributed by atoms with E-state index in [1.165, 1.54) is 12.1 Å². The first-order chi connectivity index (χ1) is 13.5. The summed E-state index contributed by atoms with van der Waals surface area (Å²) in [6.45, 7) is -0.385. The number of nitro groups is 1. The molecule has 1 N–H and O–H groups in total. The lowest BCUT2D eigenvalue weighted by Crippen LogP contribution is -2.46. The number of ether oxygens (including phenoxy) is 3. The molecule has 28 heavy (non-hydrogen) atoms. The summed E-state index contributed by atoms with van der Waals surface area (Å²) in [7, 11) is 0. The highest BCUT2D eigenvalue weighted by Gasteiger charge is 2.25. The van der Waals surface area contributed by atoms with Gasteiger partial charge in [-0.2, -0.15) is 0 Å². The van der Waals surface area contributed by atoms with Crippen molar-refractivity contribution >= 4 is 24.2 Å². The topological polar surface area (TPSA) is 134 Å². The van der Waals surface area contributed by atoms with Gasteiger partial charge >= 0.3 is 12.1 Å². The molecule has 1 atom stereocenters. The van der Waals surface area contributed by atoms with Gasteiger partial charge in [-0.05, 0) is 17.7 Å². The molecule has 146 valence electrons. The predicted molar refractivity (Wildman–Crippen MR) is 94.3 cm³/mol. The van der Waals surface area contributed by atoms with Crippen LogP contribution in [0.4, 0.5) is 10.5 Å². The Morgan fingerprint density at radius 1 is 1.11 bits per heavy atom. The van der Waals surface area contributed by atoms with E-state index in [1.54, 1.807) is 24.3 Å². The van der Waals surface area contributed by atoms with Crippen LogP contribution in [0.25, 0.3) is 0 Å². The van der Waals surface area contributed by atoms with Gasteiger partial charge in [0.25, 0.3) is 12.2 Å². The summed E-state index contributed by atoms with van der Waals surface area (Å²) in [5, 5.41) is 12.9. The number of nitro benzene ring substituents is 1. The van der Waals surface area contributed by atoms with Crippen molar-refractivity contribution in [1.82, 2.24) is 5.32 Å². The van der Waals surface area contributed by atoms with E-state index in [4.69, 9.17) is 9.47 Å². The number of benzene rings is 2. The lowest BCUT2D eigenvalue weighted by Gasteiger charge is -2.16. The normalized spacial score (nSPS) is 11.0. The van der Waals surface area contributed by atoms with Crippen molar-refractivity contribution in [2.45, 2.75) is 12.6 Å². The average molecular weight is 388 g/mol. The summed E-state index contributed by atoms with van der Waals surface area (Å²) < 4.78 is 14.6. The first-order valence-corrected chi connectivity index (χ1v) is 7.98. The third kappa shape index (κ3) is 6.41. The molecule has 0 spiro atoms. The van der Waals surface area contributed by atoms with Crippen LogP contribution in [0.15, 0.2) is 54.6 Å². The van der Waals surface area contributed by atoms with Gasteiger partial charge < -0.3 is 19.5 Å². The Morgan fingerprint density at radius 2 is 1.79 bits per heavy atom. The number of carbonyl (C=O) groups excluding carboxylic acids is 3. The highest BCUT2D eigenvalue weighted by atomic mass is 16.6. The van der Waals surface area contributed by atoms with Gasteiger partial charge in [0.1, 0.15) is 19.0 Å². The van der Waals surface area contributed by atoms with Crippen LogP contribution >= 0.6 is 0 Å². The third-order valence-electron chi connectivity index (χ3n) is 3.39. The predicted octanol–water partition coefficient (Wildman–Crippen LogP) is 1.97. The minimum absolute atomic E-state index is 0.0196. The van der Waals surface area contributed by atoms with Crippen LogP contribution < -0.4 is 10.1 Å². The van der Waals surface area contributed by atoms with E-state index in [0.717, 1.165) is 17.7 Å². The van der Waals surface area contributed by atoms with Crippen LogP contribution in [0, 0.1) is 10.1 Å². The van der Waals surface area contributed by atoms with E-state index >= 15 is 0 Å². The van der Waals surface area contributed by atoms with Crippen molar-refractivity contribution < 1.29 is 33.5 Å². The monoisotopic (exact) mass is 388 g/mol. The number of carbonyl (C=O) groups is 3. The minimum atomic E-state index is -1.33. The molecule has 1 amide bonds. The summed E-state index contributed by atoms with van der Waals surface area (Å²) in [5.41, 5.74) is 0.565. The Bertz CT molecular complexity index is 823. The molecule has 0 heterocycles. The molecule has 1 unspecified atom stereocenters. The molecular weight excluding hydrogens is 372 g/mol. The molecule has 0 aliphatic heterocycles. The molecule has 0 radical (unpaired) electrons. The Hall–Kier alpha value is -3.95. The van der Waals surface area contributed by atoms with Gasteiger partial charge in [-0.1, -0.05) is 30.3 Å². The van der Waals surface area contributed by atoms with Crippen molar-refractivity contribution in [1.29, 1.82) is 0 Å². The molecule has 2 rings (SSSR count). The minimum Gasteiger partial charge on any atom is -0.465 e. The quantitative estimate of drug-likeness (QED) is 0.226. The lowest BCUT2D eigenvalue weighted by atomic mass is 10.2. The van der Waals surface area contributed by atoms with Crippen LogP contribution in [-0.4, -0.2) is 36.1 Å². The molecule has 0 saturated carbocycles. The van der Waals surface area contributed by atoms with E-state index in [2.05, 4.69) is 10.1 Å². The molecule has 2 aromatic carbocycles. The van der Waals surface area contributed by atoms with Gasteiger partial charge in [0, 0.05) is 12.1 Å². The smallest absolute Gasteiger partial charge is 0.408 e. The number of rotatable bonds is 9. The molecule has 0 fully saturated rings. The highest BCUT2D eigenvalue weighted by Crippen LogP contribution is 2.17. The third-order valence-corrected chi connectivity index (χ3v) is 3.39. The number of hydrogen-bond acceptors (Lipinski definition) is 8. The number of nitrogens with one attached hydrogen (secondary N) is 1. The van der Waals surface area contributed by atoms with E-state index in [9.17, 15) is 24.5 Å². The van der Waals surface area contributed by atoms with Gasteiger partial charge in [-0.3, -0.25) is 14.9 Å². The second-order valence-corrected chi connectivity index (χ2v) is 5.36. The zero-order valence-corrected chi connectivity index (χ0v) is 14.5. The number of amides is 1. The van der Waals surface area contributed by atoms with Gasteiger partial charge in [-0.15, -0.1) is 0 Å². The summed E-state index contributed by atoms with van der Waals surface area (Å²) in [6, 6.07) is 12.3. The molecular formula is C18H16N2O8. The number of non-ortho nitro benzene ring substituents is 1. The fraction of sp³-hybridized carbons (Fsp3) is 0.167. The van der Waals surface area contributed by atoms with Crippen molar-refractivity contribution in [2.24, 2.45) is 0 Å². The standard InChI is InChI=1S/C18H16N2O8/c21-12-26-11-16(19-18(23)27-10-13-4-2-1-3-5-13)17(22)28-15-8-6-14(7-9-15)20(24)25/h1-9,12,16H,10-11H2,(H,19,23). The van der Waals surface area contributed by atoms with E-state index in [0.29, 0.717) is 0 Å². The van der Waals surface area contributed by atoms with E-state index in [1.807, 2.05) is 6.07 Å². The number of hydrogen-bond donors (Lipinski definition) is 1.